The second kappa shape index (κ2) is 4.89. The number of ether oxygens (including phenoxy) is 1. The van der Waals surface area contributed by atoms with Crippen LogP contribution >= 0.6 is 15.9 Å². The van der Waals surface area contributed by atoms with Gasteiger partial charge in [-0.15, -0.1) is 0 Å². The Bertz CT molecular complexity index is 440. The van der Waals surface area contributed by atoms with Crippen molar-refractivity contribution in [3.63, 3.8) is 0 Å². The van der Waals surface area contributed by atoms with Crippen LogP contribution in [0.4, 0.5) is 4.39 Å². The van der Waals surface area contributed by atoms with Crippen LogP contribution in [0.2, 0.25) is 0 Å². The van der Waals surface area contributed by atoms with E-state index in [2.05, 4.69) is 20.7 Å². The summed E-state index contributed by atoms with van der Waals surface area (Å²) in [7, 11) is 1.24. The molecule has 0 fully saturated rings. The smallest absolute Gasteiger partial charge is 0.310 e. The van der Waals surface area contributed by atoms with Crippen LogP contribution in [-0.2, 0) is 16.0 Å². The normalized spacial score (nSPS) is 9.47. The quantitative estimate of drug-likeness (QED) is 0.775. The average Bonchev–Trinajstić information content (AvgIpc) is 2.23. The van der Waals surface area contributed by atoms with Crippen LogP contribution in [0.1, 0.15) is 11.1 Å². The predicted molar refractivity (Wildman–Crippen MR) is 54.5 cm³/mol. The molecule has 0 heterocycles. The molecule has 0 aliphatic rings. The Hall–Kier alpha value is -1.41. The summed E-state index contributed by atoms with van der Waals surface area (Å²) in [5.41, 5.74) is 0.180. The van der Waals surface area contributed by atoms with E-state index in [9.17, 15) is 9.18 Å². The van der Waals surface area contributed by atoms with Gasteiger partial charge in [-0.2, -0.15) is 5.26 Å². The third-order valence-corrected chi connectivity index (χ3v) is 2.61. The van der Waals surface area contributed by atoms with Gasteiger partial charge in [0, 0.05) is 4.47 Å². The molecule has 5 heteroatoms. The highest BCUT2D eigenvalue weighted by Crippen LogP contribution is 2.23. The van der Waals surface area contributed by atoms with Gasteiger partial charge < -0.3 is 4.74 Å². The number of carbonyl (C=O) groups is 1. The summed E-state index contributed by atoms with van der Waals surface area (Å²) >= 11 is 3.15. The van der Waals surface area contributed by atoms with E-state index in [0.717, 1.165) is 0 Å². The van der Waals surface area contributed by atoms with Gasteiger partial charge in [-0.25, -0.2) is 4.39 Å². The highest BCUT2D eigenvalue weighted by atomic mass is 79.9. The lowest BCUT2D eigenvalue weighted by molar-refractivity contribution is -0.139. The molecule has 0 aliphatic carbocycles. The zero-order valence-corrected chi connectivity index (χ0v) is 9.47. The van der Waals surface area contributed by atoms with Gasteiger partial charge in [0.05, 0.1) is 19.1 Å². The third-order valence-electron chi connectivity index (χ3n) is 1.87. The van der Waals surface area contributed by atoms with Crippen molar-refractivity contribution in [1.82, 2.24) is 0 Å². The first-order valence-electron chi connectivity index (χ1n) is 4.04. The topological polar surface area (TPSA) is 50.1 Å². The van der Waals surface area contributed by atoms with Crippen molar-refractivity contribution in [2.24, 2.45) is 0 Å². The van der Waals surface area contributed by atoms with Gasteiger partial charge in [0.1, 0.15) is 11.9 Å². The number of carbonyl (C=O) groups excluding carboxylic acids is 1. The van der Waals surface area contributed by atoms with Crippen molar-refractivity contribution >= 4 is 21.9 Å². The van der Waals surface area contributed by atoms with Gasteiger partial charge in [-0.1, -0.05) is 15.9 Å². The Morgan fingerprint density at radius 2 is 2.33 bits per heavy atom. The summed E-state index contributed by atoms with van der Waals surface area (Å²) in [6.45, 7) is 0. The maximum Gasteiger partial charge on any atom is 0.310 e. The lowest BCUT2D eigenvalue weighted by Crippen LogP contribution is -2.07. The first-order valence-corrected chi connectivity index (χ1v) is 4.83. The van der Waals surface area contributed by atoms with Gasteiger partial charge >= 0.3 is 5.97 Å². The molecule has 0 saturated carbocycles. The van der Waals surface area contributed by atoms with E-state index in [1.54, 1.807) is 6.07 Å². The molecule has 0 N–H and O–H groups in total. The summed E-state index contributed by atoms with van der Waals surface area (Å²) in [6.07, 6.45) is -0.127. The molecular formula is C10H7BrFNO2. The van der Waals surface area contributed by atoms with Crippen LogP contribution < -0.4 is 0 Å². The van der Waals surface area contributed by atoms with Gasteiger partial charge in [0.25, 0.3) is 0 Å². The molecule has 0 bridgehead atoms. The van der Waals surface area contributed by atoms with Crippen LogP contribution in [-0.4, -0.2) is 13.1 Å². The highest BCUT2D eigenvalue weighted by Gasteiger charge is 2.15. The molecule has 15 heavy (non-hydrogen) atoms. The van der Waals surface area contributed by atoms with Crippen LogP contribution in [0, 0.1) is 17.1 Å². The van der Waals surface area contributed by atoms with Crippen molar-refractivity contribution < 1.29 is 13.9 Å². The Morgan fingerprint density at radius 3 is 2.87 bits per heavy atom. The highest BCUT2D eigenvalue weighted by molar-refractivity contribution is 9.10. The van der Waals surface area contributed by atoms with Gasteiger partial charge in [0.2, 0.25) is 0 Å². The van der Waals surface area contributed by atoms with Crippen molar-refractivity contribution in [3.8, 4) is 6.07 Å². The fraction of sp³-hybridized carbons (Fsp3) is 0.200. The molecule has 1 aromatic rings. The SMILES string of the molecule is COC(=O)Cc1c(Br)ccc(F)c1C#N. The molecule has 1 aromatic carbocycles. The Balaban J connectivity index is 3.21. The number of halogens is 2. The summed E-state index contributed by atoms with van der Waals surface area (Å²) in [5.74, 6) is -1.16. The fourth-order valence-corrected chi connectivity index (χ4v) is 1.57. The molecule has 1 rings (SSSR count). The molecule has 0 unspecified atom stereocenters. The minimum atomic E-state index is -0.639. The lowest BCUT2D eigenvalue weighted by atomic mass is 10.1. The summed E-state index contributed by atoms with van der Waals surface area (Å²) in [4.78, 5) is 11.0. The van der Waals surface area contributed by atoms with E-state index in [1.165, 1.54) is 19.2 Å². The fourth-order valence-electron chi connectivity index (χ4n) is 1.10. The Labute approximate surface area is 94.6 Å². The average molecular weight is 272 g/mol. The van der Waals surface area contributed by atoms with Gasteiger partial charge in [-0.05, 0) is 17.7 Å². The van der Waals surface area contributed by atoms with E-state index in [1.807, 2.05) is 0 Å². The second-order valence-corrected chi connectivity index (χ2v) is 3.60. The molecule has 0 saturated heterocycles. The van der Waals surface area contributed by atoms with E-state index in [-0.39, 0.29) is 12.0 Å². The molecule has 78 valence electrons. The first kappa shape index (κ1) is 11.7. The van der Waals surface area contributed by atoms with Gasteiger partial charge in [0.15, 0.2) is 0 Å². The maximum atomic E-state index is 13.2. The van der Waals surface area contributed by atoms with Gasteiger partial charge in [-0.3, -0.25) is 4.79 Å². The van der Waals surface area contributed by atoms with Crippen molar-refractivity contribution in [3.05, 3.63) is 33.5 Å². The monoisotopic (exact) mass is 271 g/mol. The standard InChI is InChI=1S/C10H7BrFNO2/c1-15-10(14)4-6-7(5-13)9(12)3-2-8(6)11/h2-3H,4H2,1H3. The Kier molecular flexibility index (Phi) is 3.81. The van der Waals surface area contributed by atoms with Crippen LogP contribution in [0.5, 0.6) is 0 Å². The minimum absolute atomic E-state index is 0.127. The molecule has 0 spiro atoms. The molecular weight excluding hydrogens is 265 g/mol. The molecule has 0 amide bonds. The summed E-state index contributed by atoms with van der Waals surface area (Å²) in [5, 5.41) is 8.75. The number of hydrogen-bond donors (Lipinski definition) is 0. The third kappa shape index (κ3) is 2.54. The minimum Gasteiger partial charge on any atom is -0.469 e. The number of nitrogens with zero attached hydrogens (tertiary/aromatic N) is 1. The maximum absolute atomic E-state index is 13.2. The lowest BCUT2D eigenvalue weighted by Gasteiger charge is -2.06. The molecule has 0 aliphatic heterocycles. The molecule has 0 atom stereocenters. The predicted octanol–water partition coefficient (Wildman–Crippen LogP) is 2.18. The number of benzene rings is 1. The number of hydrogen-bond acceptors (Lipinski definition) is 3. The molecule has 0 aromatic heterocycles. The number of esters is 1. The second-order valence-electron chi connectivity index (χ2n) is 2.75. The van der Waals surface area contributed by atoms with Crippen LogP contribution in [0.15, 0.2) is 16.6 Å². The summed E-state index contributed by atoms with van der Waals surface area (Å²) < 4.78 is 18.2. The van der Waals surface area contributed by atoms with Crippen LogP contribution in [0.3, 0.4) is 0 Å². The Morgan fingerprint density at radius 1 is 1.67 bits per heavy atom. The largest absolute Gasteiger partial charge is 0.469 e. The molecule has 3 nitrogen and oxygen atoms in total. The zero-order valence-electron chi connectivity index (χ0n) is 7.88. The first-order chi connectivity index (χ1) is 7.10. The van der Waals surface area contributed by atoms with Crippen molar-refractivity contribution in [2.45, 2.75) is 6.42 Å². The van der Waals surface area contributed by atoms with Crippen LogP contribution in [0.25, 0.3) is 0 Å². The number of nitriles is 1. The van der Waals surface area contributed by atoms with E-state index >= 15 is 0 Å². The van der Waals surface area contributed by atoms with E-state index in [4.69, 9.17) is 5.26 Å². The van der Waals surface area contributed by atoms with Crippen molar-refractivity contribution in [1.29, 1.82) is 5.26 Å². The zero-order chi connectivity index (χ0) is 11.4. The van der Waals surface area contributed by atoms with E-state index in [0.29, 0.717) is 10.0 Å². The number of rotatable bonds is 2. The summed E-state index contributed by atoms with van der Waals surface area (Å²) in [6, 6.07) is 4.34. The van der Waals surface area contributed by atoms with Crippen molar-refractivity contribution in [2.75, 3.05) is 7.11 Å². The number of methoxy groups -OCH3 is 1. The van der Waals surface area contributed by atoms with E-state index < -0.39 is 11.8 Å². The molecule has 0 radical (unpaired) electrons.